The fourth-order valence-corrected chi connectivity index (χ4v) is 5.22. The highest BCUT2D eigenvalue weighted by molar-refractivity contribution is 6.11. The summed E-state index contributed by atoms with van der Waals surface area (Å²) in [6.45, 7) is 6.11. The van der Waals surface area contributed by atoms with Crippen molar-refractivity contribution in [3.05, 3.63) is 53.6 Å². The van der Waals surface area contributed by atoms with Gasteiger partial charge in [0.25, 0.3) is 0 Å². The maximum Gasteiger partial charge on any atom is 0.240 e. The van der Waals surface area contributed by atoms with Gasteiger partial charge in [0.1, 0.15) is 5.82 Å². The number of nitrogens with zero attached hydrogens (tertiary/aromatic N) is 5. The van der Waals surface area contributed by atoms with Crippen molar-refractivity contribution in [1.82, 2.24) is 24.3 Å². The maximum atomic E-state index is 13.7. The summed E-state index contributed by atoms with van der Waals surface area (Å²) in [5.74, 6) is 0.424. The van der Waals surface area contributed by atoms with Gasteiger partial charge in [-0.2, -0.15) is 0 Å². The lowest BCUT2D eigenvalue weighted by Gasteiger charge is -2.37. The first-order chi connectivity index (χ1) is 16.9. The Hall–Kier alpha value is -3.04. The molecule has 0 saturated carbocycles. The van der Waals surface area contributed by atoms with Crippen molar-refractivity contribution in [3.8, 4) is 0 Å². The topological polar surface area (TPSA) is 88.0 Å². The molecule has 1 unspecified atom stereocenters. The first kappa shape index (κ1) is 25.1. The van der Waals surface area contributed by atoms with Gasteiger partial charge in [-0.05, 0) is 24.5 Å². The third-order valence-corrected chi connectivity index (χ3v) is 7.26. The molecule has 4 rings (SSSR count). The normalized spacial score (nSPS) is 21.2. The van der Waals surface area contributed by atoms with Crippen molar-refractivity contribution in [2.75, 3.05) is 46.4 Å². The minimum atomic E-state index is -1.16. The highest BCUT2D eigenvalue weighted by Gasteiger charge is 2.54. The van der Waals surface area contributed by atoms with E-state index in [1.165, 1.54) is 4.90 Å². The van der Waals surface area contributed by atoms with E-state index >= 15 is 0 Å². The minimum Gasteiger partial charge on any atom is -0.385 e. The summed E-state index contributed by atoms with van der Waals surface area (Å²) in [4.78, 5) is 50.1. The van der Waals surface area contributed by atoms with Crippen molar-refractivity contribution < 1.29 is 19.1 Å². The number of aromatic nitrogens is 2. The number of likely N-dealkylation sites (tertiary alicyclic amines) is 1. The maximum absolute atomic E-state index is 13.7. The van der Waals surface area contributed by atoms with Gasteiger partial charge in [0.15, 0.2) is 0 Å². The smallest absolute Gasteiger partial charge is 0.240 e. The van der Waals surface area contributed by atoms with E-state index in [9.17, 15) is 14.4 Å². The predicted octanol–water partition coefficient (Wildman–Crippen LogP) is 1.50. The summed E-state index contributed by atoms with van der Waals surface area (Å²) in [6, 6.07) is 7.60. The predicted molar refractivity (Wildman–Crippen MR) is 130 cm³/mol. The quantitative estimate of drug-likeness (QED) is 0.398. The molecule has 0 N–H and O–H groups in total. The lowest BCUT2D eigenvalue weighted by molar-refractivity contribution is -0.143. The summed E-state index contributed by atoms with van der Waals surface area (Å²) < 4.78 is 7.11. The Morgan fingerprint density at radius 3 is 2.54 bits per heavy atom. The highest BCUT2D eigenvalue weighted by atomic mass is 16.5. The number of benzene rings is 1. The number of carbonyl (C=O) groups is 3. The zero-order valence-electron chi connectivity index (χ0n) is 20.9. The monoisotopic (exact) mass is 481 g/mol. The summed E-state index contributed by atoms with van der Waals surface area (Å²) >= 11 is 0. The standard InChI is InChI=1S/C26H35N5O4/c1-20-7-4-5-8-21(20)26(18-24(33)31(25(26)34)10-6-16-35-3)17-23(32)30-14-12-29(13-15-30)19-22-27-9-11-28(22)2/h4-5,7-9,11H,6,10,12-19H2,1-3H3. The second-order valence-corrected chi connectivity index (χ2v) is 9.56. The molecule has 1 aromatic heterocycles. The molecule has 9 heteroatoms. The number of ether oxygens (including phenoxy) is 1. The van der Waals surface area contributed by atoms with Gasteiger partial charge >= 0.3 is 0 Å². The molecule has 2 aliphatic heterocycles. The molecule has 2 aliphatic rings. The Balaban J connectivity index is 1.49. The van der Waals surface area contributed by atoms with Gasteiger partial charge in [0.05, 0.1) is 12.0 Å². The van der Waals surface area contributed by atoms with Crippen LogP contribution in [0.2, 0.25) is 0 Å². The SMILES string of the molecule is COCCCN1C(=O)CC(CC(=O)N2CCN(Cc3nccn3C)CC2)(c2ccccc2C)C1=O. The molecule has 0 spiro atoms. The Labute approximate surface area is 206 Å². The molecule has 3 heterocycles. The number of imide groups is 1. The van der Waals surface area contributed by atoms with E-state index in [-0.39, 0.29) is 30.6 Å². The number of imidazole rings is 1. The second kappa shape index (κ2) is 10.7. The first-order valence-corrected chi connectivity index (χ1v) is 12.2. The lowest BCUT2D eigenvalue weighted by atomic mass is 9.74. The third kappa shape index (κ3) is 5.16. The van der Waals surface area contributed by atoms with E-state index in [1.54, 1.807) is 13.3 Å². The first-order valence-electron chi connectivity index (χ1n) is 12.2. The van der Waals surface area contributed by atoms with Gasteiger partial charge in [-0.15, -0.1) is 0 Å². The molecule has 0 aliphatic carbocycles. The van der Waals surface area contributed by atoms with Gasteiger partial charge in [0.2, 0.25) is 17.7 Å². The summed E-state index contributed by atoms with van der Waals surface area (Å²) in [7, 11) is 3.58. The zero-order valence-corrected chi connectivity index (χ0v) is 20.9. The van der Waals surface area contributed by atoms with Crippen LogP contribution in [-0.2, 0) is 38.1 Å². The number of carbonyl (C=O) groups excluding carboxylic acids is 3. The van der Waals surface area contributed by atoms with Crippen LogP contribution in [-0.4, -0.2) is 88.4 Å². The second-order valence-electron chi connectivity index (χ2n) is 9.56. The van der Waals surface area contributed by atoms with Crippen LogP contribution in [0.3, 0.4) is 0 Å². The Morgan fingerprint density at radius 1 is 1.14 bits per heavy atom. The summed E-state index contributed by atoms with van der Waals surface area (Å²) in [5, 5.41) is 0. The van der Waals surface area contributed by atoms with Gasteiger partial charge in [-0.25, -0.2) is 4.98 Å². The van der Waals surface area contributed by atoms with Crippen molar-refractivity contribution in [2.45, 2.75) is 38.1 Å². The number of amides is 3. The number of aryl methyl sites for hydroxylation is 2. The Morgan fingerprint density at radius 2 is 1.89 bits per heavy atom. The Kier molecular flexibility index (Phi) is 7.66. The number of hydrogen-bond donors (Lipinski definition) is 0. The molecule has 2 saturated heterocycles. The van der Waals surface area contributed by atoms with Crippen LogP contribution in [0.1, 0.15) is 36.2 Å². The number of methoxy groups -OCH3 is 1. The number of hydrogen-bond acceptors (Lipinski definition) is 6. The van der Waals surface area contributed by atoms with E-state index < -0.39 is 5.41 Å². The summed E-state index contributed by atoms with van der Waals surface area (Å²) in [5.41, 5.74) is 0.533. The van der Waals surface area contributed by atoms with Crippen LogP contribution in [0.4, 0.5) is 0 Å². The molecule has 0 radical (unpaired) electrons. The molecule has 2 aromatic rings. The van der Waals surface area contributed by atoms with Crippen LogP contribution in [0.5, 0.6) is 0 Å². The van der Waals surface area contributed by atoms with E-state index in [0.29, 0.717) is 32.7 Å². The van der Waals surface area contributed by atoms with Crippen LogP contribution in [0.25, 0.3) is 0 Å². The van der Waals surface area contributed by atoms with Gasteiger partial charge in [-0.3, -0.25) is 24.2 Å². The molecule has 2 fully saturated rings. The molecular weight excluding hydrogens is 446 g/mol. The van der Waals surface area contributed by atoms with Gasteiger partial charge < -0.3 is 14.2 Å². The van der Waals surface area contributed by atoms with E-state index in [2.05, 4.69) is 9.88 Å². The number of piperazine rings is 1. The van der Waals surface area contributed by atoms with Crippen molar-refractivity contribution >= 4 is 17.7 Å². The lowest BCUT2D eigenvalue weighted by Crippen LogP contribution is -2.51. The molecular formula is C26H35N5O4. The van der Waals surface area contributed by atoms with Crippen molar-refractivity contribution in [2.24, 2.45) is 7.05 Å². The van der Waals surface area contributed by atoms with Crippen molar-refractivity contribution in [3.63, 3.8) is 0 Å². The molecule has 35 heavy (non-hydrogen) atoms. The fourth-order valence-electron chi connectivity index (χ4n) is 5.22. The van der Waals surface area contributed by atoms with E-state index in [1.807, 2.05) is 53.9 Å². The van der Waals surface area contributed by atoms with E-state index in [4.69, 9.17) is 4.74 Å². The fraction of sp³-hybridized carbons (Fsp3) is 0.538. The van der Waals surface area contributed by atoms with Gasteiger partial charge in [0, 0.05) is 78.7 Å². The molecule has 1 aromatic carbocycles. The molecule has 188 valence electrons. The number of rotatable bonds is 9. The highest BCUT2D eigenvalue weighted by Crippen LogP contribution is 2.41. The minimum absolute atomic E-state index is 0.00255. The van der Waals surface area contributed by atoms with Crippen LogP contribution >= 0.6 is 0 Å². The summed E-state index contributed by atoms with van der Waals surface area (Å²) in [6.07, 6.45) is 4.32. The third-order valence-electron chi connectivity index (χ3n) is 7.26. The molecule has 3 amide bonds. The van der Waals surface area contributed by atoms with Crippen LogP contribution < -0.4 is 0 Å². The van der Waals surface area contributed by atoms with Crippen molar-refractivity contribution in [1.29, 1.82) is 0 Å². The molecule has 9 nitrogen and oxygen atoms in total. The molecule has 1 atom stereocenters. The zero-order chi connectivity index (χ0) is 25.0. The van der Waals surface area contributed by atoms with Gasteiger partial charge in [-0.1, -0.05) is 24.3 Å². The van der Waals surface area contributed by atoms with Crippen LogP contribution in [0, 0.1) is 6.92 Å². The van der Waals surface area contributed by atoms with E-state index in [0.717, 1.165) is 36.6 Å². The average Bonchev–Trinajstić information content (AvgIpc) is 3.35. The average molecular weight is 482 g/mol. The Bertz CT molecular complexity index is 1080. The largest absolute Gasteiger partial charge is 0.385 e. The van der Waals surface area contributed by atoms with Crippen LogP contribution in [0.15, 0.2) is 36.7 Å². The molecule has 0 bridgehead atoms.